The van der Waals surface area contributed by atoms with Crippen molar-refractivity contribution in [1.82, 2.24) is 9.97 Å². The maximum Gasteiger partial charge on any atom is 0.446 e. The number of Topliss-reactive ketones (excluding diaryl/α,β-unsaturated/α-hetero) is 1. The van der Waals surface area contributed by atoms with Gasteiger partial charge in [-0.15, -0.1) is 0 Å². The summed E-state index contributed by atoms with van der Waals surface area (Å²) in [4.78, 5) is 31.4. The fraction of sp³-hybridized carbons (Fsp3) is 0.320. The predicted molar refractivity (Wildman–Crippen MR) is 125 cm³/mol. The molecule has 0 aliphatic carbocycles. The summed E-state index contributed by atoms with van der Waals surface area (Å²) in [5.74, 6) is -2.60. The van der Waals surface area contributed by atoms with E-state index in [0.29, 0.717) is 11.1 Å². The number of carbonyl (C=O) groups is 1. The fourth-order valence-electron chi connectivity index (χ4n) is 3.75. The lowest BCUT2D eigenvalue weighted by molar-refractivity contribution is -0.0329. The third-order valence-corrected chi connectivity index (χ3v) is 6.27. The summed E-state index contributed by atoms with van der Waals surface area (Å²) in [6.07, 6.45) is -0.0929. The van der Waals surface area contributed by atoms with Crippen molar-refractivity contribution >= 4 is 17.5 Å². The molecule has 1 atom stereocenters. The van der Waals surface area contributed by atoms with E-state index >= 15 is 0 Å². The molecular weight excluding hydrogens is 503 g/mol. The van der Waals surface area contributed by atoms with Crippen molar-refractivity contribution in [2.24, 2.45) is 5.92 Å². The molecule has 1 N–H and O–H groups in total. The summed E-state index contributed by atoms with van der Waals surface area (Å²) < 4.78 is 71.1. The number of aromatic amines is 1. The number of hydrogen-bond donors (Lipinski definition) is 1. The van der Waals surface area contributed by atoms with Gasteiger partial charge in [-0.05, 0) is 59.0 Å². The van der Waals surface area contributed by atoms with Gasteiger partial charge in [0.15, 0.2) is 17.3 Å². The largest absolute Gasteiger partial charge is 0.494 e. The van der Waals surface area contributed by atoms with Crippen LogP contribution in [0.25, 0.3) is 0 Å². The lowest BCUT2D eigenvalue weighted by Crippen LogP contribution is -2.19. The van der Waals surface area contributed by atoms with Gasteiger partial charge < -0.3 is 9.72 Å². The molecule has 3 aromatic rings. The second kappa shape index (κ2) is 11.2. The van der Waals surface area contributed by atoms with Crippen LogP contribution in [0.5, 0.6) is 5.75 Å². The number of ketones is 1. The molecule has 0 saturated carbocycles. The normalized spacial score (nSPS) is 12.6. The van der Waals surface area contributed by atoms with Crippen LogP contribution in [0.3, 0.4) is 0 Å². The Bertz CT molecular complexity index is 1310. The van der Waals surface area contributed by atoms with Crippen LogP contribution in [-0.4, -0.2) is 28.4 Å². The summed E-state index contributed by atoms with van der Waals surface area (Å²) in [6, 6.07) is 8.72. The maximum absolute atomic E-state index is 14.4. The minimum Gasteiger partial charge on any atom is -0.494 e. The first kappa shape index (κ1) is 27.4. The van der Waals surface area contributed by atoms with E-state index in [9.17, 15) is 31.5 Å². The first-order valence-electron chi connectivity index (χ1n) is 10.9. The van der Waals surface area contributed by atoms with Crippen molar-refractivity contribution in [2.45, 2.75) is 43.0 Å². The van der Waals surface area contributed by atoms with E-state index in [-0.39, 0.29) is 36.0 Å². The second-order valence-electron chi connectivity index (χ2n) is 8.44. The van der Waals surface area contributed by atoms with Crippen molar-refractivity contribution in [3.05, 3.63) is 87.1 Å². The molecule has 0 spiro atoms. The molecule has 0 amide bonds. The van der Waals surface area contributed by atoms with E-state index in [0.717, 1.165) is 18.2 Å². The number of halogens is 5. The van der Waals surface area contributed by atoms with Crippen LogP contribution >= 0.6 is 11.8 Å². The first-order valence-corrected chi connectivity index (χ1v) is 11.7. The molecule has 0 saturated heterocycles. The molecule has 0 fully saturated rings. The SMILES string of the molecule is COc1ccc(Cc2nc(C(=O)C[C@@H](c3ccc(SC(F)(F)F)c(F)c3)C(C)C)cc(=O)[nH]2)cc1F. The quantitative estimate of drug-likeness (QED) is 0.202. The number of hydrogen-bond acceptors (Lipinski definition) is 5. The number of methoxy groups -OCH3 is 1. The molecule has 0 unspecified atom stereocenters. The highest BCUT2D eigenvalue weighted by atomic mass is 32.2. The van der Waals surface area contributed by atoms with E-state index in [1.165, 1.54) is 25.3 Å². The van der Waals surface area contributed by atoms with Gasteiger partial charge in [-0.2, -0.15) is 13.2 Å². The van der Waals surface area contributed by atoms with Crippen LogP contribution in [0.1, 0.15) is 53.6 Å². The highest BCUT2D eigenvalue weighted by molar-refractivity contribution is 8.00. The van der Waals surface area contributed by atoms with Crippen LogP contribution in [0.2, 0.25) is 0 Å². The van der Waals surface area contributed by atoms with Crippen LogP contribution in [0, 0.1) is 17.6 Å². The summed E-state index contributed by atoms with van der Waals surface area (Å²) in [6.45, 7) is 3.59. The number of rotatable bonds is 9. The molecule has 0 aliphatic rings. The van der Waals surface area contributed by atoms with Crippen LogP contribution < -0.4 is 10.3 Å². The standard InChI is InChI=1S/C25H23F5N2O3S/c1-13(2)16(15-5-7-22(18(27)10-15)36-25(28,29)30)11-20(33)19-12-24(34)32-23(31-19)9-14-4-6-21(35-3)17(26)8-14/h4-8,10,12-13,16H,9,11H2,1-3H3,(H,31,32,34)/t16-/m1/s1. The molecule has 3 rings (SSSR count). The zero-order valence-corrected chi connectivity index (χ0v) is 20.4. The van der Waals surface area contributed by atoms with Crippen LogP contribution in [0.4, 0.5) is 22.0 Å². The molecule has 0 radical (unpaired) electrons. The number of thioether (sulfide) groups is 1. The third kappa shape index (κ3) is 7.16. The number of alkyl halides is 3. The Morgan fingerprint density at radius 1 is 1.08 bits per heavy atom. The van der Waals surface area contributed by atoms with Crippen molar-refractivity contribution < 1.29 is 31.5 Å². The van der Waals surface area contributed by atoms with Gasteiger partial charge in [-0.3, -0.25) is 9.59 Å². The lowest BCUT2D eigenvalue weighted by atomic mass is 9.84. The Balaban J connectivity index is 1.82. The minimum absolute atomic E-state index is 0.0500. The molecule has 0 bridgehead atoms. The third-order valence-electron chi connectivity index (χ3n) is 5.48. The summed E-state index contributed by atoms with van der Waals surface area (Å²) >= 11 is -0.547. The monoisotopic (exact) mass is 526 g/mol. The minimum atomic E-state index is -4.63. The highest BCUT2D eigenvalue weighted by Gasteiger charge is 2.31. The van der Waals surface area contributed by atoms with Gasteiger partial charge in [0.05, 0.1) is 12.0 Å². The number of carbonyl (C=O) groups excluding carboxylic acids is 1. The topological polar surface area (TPSA) is 72.0 Å². The molecule has 192 valence electrons. The average Bonchev–Trinajstić information content (AvgIpc) is 2.77. The zero-order valence-electron chi connectivity index (χ0n) is 19.6. The molecular formula is C25H23F5N2O3S. The summed E-state index contributed by atoms with van der Waals surface area (Å²) in [5, 5.41) is 0. The van der Waals surface area contributed by atoms with Gasteiger partial charge in [0.1, 0.15) is 17.3 Å². The number of benzene rings is 2. The fourth-order valence-corrected chi connectivity index (χ4v) is 4.29. The number of aromatic nitrogens is 2. The molecule has 11 heteroatoms. The number of nitrogens with one attached hydrogen (secondary N) is 1. The van der Waals surface area contributed by atoms with E-state index in [2.05, 4.69) is 9.97 Å². The molecule has 5 nitrogen and oxygen atoms in total. The van der Waals surface area contributed by atoms with E-state index in [1.807, 2.05) is 0 Å². The van der Waals surface area contributed by atoms with Gasteiger partial charge in [-0.1, -0.05) is 26.0 Å². The predicted octanol–water partition coefficient (Wildman–Crippen LogP) is 6.27. The number of ether oxygens (including phenoxy) is 1. The van der Waals surface area contributed by atoms with Crippen molar-refractivity contribution in [1.29, 1.82) is 0 Å². The highest BCUT2D eigenvalue weighted by Crippen LogP contribution is 2.39. The van der Waals surface area contributed by atoms with Crippen molar-refractivity contribution in [2.75, 3.05) is 7.11 Å². The van der Waals surface area contributed by atoms with Gasteiger partial charge in [0, 0.05) is 18.9 Å². The average molecular weight is 527 g/mol. The second-order valence-corrected chi connectivity index (χ2v) is 9.55. The van der Waals surface area contributed by atoms with Gasteiger partial charge >= 0.3 is 5.51 Å². The number of H-pyrrole nitrogens is 1. The van der Waals surface area contributed by atoms with Crippen molar-refractivity contribution in [3.63, 3.8) is 0 Å². The van der Waals surface area contributed by atoms with E-state index < -0.39 is 51.1 Å². The molecule has 1 heterocycles. The smallest absolute Gasteiger partial charge is 0.446 e. The van der Waals surface area contributed by atoms with Gasteiger partial charge in [-0.25, -0.2) is 13.8 Å². The molecule has 36 heavy (non-hydrogen) atoms. The van der Waals surface area contributed by atoms with Gasteiger partial charge in [0.2, 0.25) is 0 Å². The van der Waals surface area contributed by atoms with E-state index in [4.69, 9.17) is 4.74 Å². The molecule has 1 aromatic heterocycles. The molecule has 2 aromatic carbocycles. The lowest BCUT2D eigenvalue weighted by Gasteiger charge is -2.21. The Morgan fingerprint density at radius 3 is 2.39 bits per heavy atom. The zero-order chi connectivity index (χ0) is 26.6. The Kier molecular flexibility index (Phi) is 8.55. The van der Waals surface area contributed by atoms with Gasteiger partial charge in [0.25, 0.3) is 5.56 Å². The number of nitrogens with zero attached hydrogens (tertiary/aromatic N) is 1. The summed E-state index contributed by atoms with van der Waals surface area (Å²) in [5.41, 5.74) is -4.46. The summed E-state index contributed by atoms with van der Waals surface area (Å²) in [7, 11) is 1.33. The van der Waals surface area contributed by atoms with Crippen LogP contribution in [0.15, 0.2) is 52.2 Å². The Labute approximate surface area is 208 Å². The Morgan fingerprint density at radius 2 is 1.81 bits per heavy atom. The Hall–Kier alpha value is -3.21. The van der Waals surface area contributed by atoms with Crippen LogP contribution in [-0.2, 0) is 6.42 Å². The van der Waals surface area contributed by atoms with E-state index in [1.54, 1.807) is 19.9 Å². The first-order chi connectivity index (χ1) is 16.9. The van der Waals surface area contributed by atoms with Crippen molar-refractivity contribution in [3.8, 4) is 5.75 Å². The maximum atomic E-state index is 14.4. The molecule has 0 aliphatic heterocycles.